The summed E-state index contributed by atoms with van der Waals surface area (Å²) in [4.78, 5) is 25.7. The summed E-state index contributed by atoms with van der Waals surface area (Å²) >= 11 is 0. The Morgan fingerprint density at radius 2 is 1.36 bits per heavy atom. The number of esters is 2. The van der Waals surface area contributed by atoms with Crippen LogP contribution in [0.3, 0.4) is 0 Å². The van der Waals surface area contributed by atoms with Crippen LogP contribution < -0.4 is 10.6 Å². The predicted molar refractivity (Wildman–Crippen MR) is 182 cm³/mol. The number of para-hydroxylation sites is 1. The van der Waals surface area contributed by atoms with E-state index in [9.17, 15) is 9.59 Å². The lowest BCUT2D eigenvalue weighted by molar-refractivity contribution is -0.149. The quantitative estimate of drug-likeness (QED) is 0.262. The van der Waals surface area contributed by atoms with Crippen LogP contribution in [0.1, 0.15) is 107 Å². The number of benzene rings is 3. The summed E-state index contributed by atoms with van der Waals surface area (Å²) in [7, 11) is 0. The molecule has 2 atom stereocenters. The minimum atomic E-state index is -0.349. The molecule has 3 heterocycles. The number of hydrogen-bond donors (Lipinski definition) is 2. The maximum absolute atomic E-state index is 12.9. The van der Waals surface area contributed by atoms with Gasteiger partial charge in [0.1, 0.15) is 0 Å². The van der Waals surface area contributed by atoms with E-state index in [0.717, 1.165) is 48.9 Å². The van der Waals surface area contributed by atoms with Gasteiger partial charge in [-0.3, -0.25) is 9.59 Å². The Kier molecular flexibility index (Phi) is 9.71. The highest BCUT2D eigenvalue weighted by atomic mass is 16.5. The zero-order chi connectivity index (χ0) is 32.2. The molecule has 0 aliphatic carbocycles. The Labute approximate surface area is 268 Å². The largest absolute Gasteiger partial charge is 0.465 e. The van der Waals surface area contributed by atoms with Crippen LogP contribution in [0.25, 0.3) is 17.2 Å². The zero-order valence-electron chi connectivity index (χ0n) is 27.7. The zero-order valence-corrected chi connectivity index (χ0v) is 27.7. The Morgan fingerprint density at radius 3 is 1.98 bits per heavy atom. The maximum atomic E-state index is 12.9. The van der Waals surface area contributed by atoms with Crippen molar-refractivity contribution in [2.24, 2.45) is 0 Å². The molecular weight excluding hydrogens is 560 g/mol. The van der Waals surface area contributed by atoms with Gasteiger partial charge in [0.25, 0.3) is 0 Å². The predicted octanol–water partition coefficient (Wildman–Crippen LogP) is 8.46. The highest BCUT2D eigenvalue weighted by Gasteiger charge is 2.40. The lowest BCUT2D eigenvalue weighted by Gasteiger charge is -2.44. The molecule has 45 heavy (non-hydrogen) atoms. The minimum Gasteiger partial charge on any atom is -0.465 e. The lowest BCUT2D eigenvalue weighted by Crippen LogP contribution is -2.52. The molecule has 0 radical (unpaired) electrons. The third-order valence-corrected chi connectivity index (χ3v) is 10.0. The molecule has 6 nitrogen and oxygen atoms in total. The molecule has 3 aromatic carbocycles. The minimum absolute atomic E-state index is 0.192. The molecule has 0 aromatic heterocycles. The Hall–Kier alpha value is -4.06. The fraction of sp³-hybridized carbons (Fsp3) is 0.436. The van der Waals surface area contributed by atoms with Crippen LogP contribution in [0.15, 0.2) is 66.9 Å². The first kappa shape index (κ1) is 32.3. The molecule has 0 bridgehead atoms. The smallest absolute Gasteiger partial charge is 0.313 e. The highest BCUT2D eigenvalue weighted by molar-refractivity contribution is 5.85. The third-order valence-electron chi connectivity index (χ3n) is 10.0. The van der Waals surface area contributed by atoms with Gasteiger partial charge in [0.2, 0.25) is 0 Å². The van der Waals surface area contributed by atoms with Crippen molar-refractivity contribution in [3.63, 3.8) is 0 Å². The monoisotopic (exact) mass is 608 g/mol. The first-order chi connectivity index (χ1) is 21.7. The normalized spacial score (nSPS) is 19.7. The Morgan fingerprint density at radius 1 is 0.778 bits per heavy atom. The van der Waals surface area contributed by atoms with E-state index in [0.29, 0.717) is 13.2 Å². The maximum Gasteiger partial charge on any atom is 0.313 e. The molecule has 3 aliphatic rings. The second kappa shape index (κ2) is 13.5. The van der Waals surface area contributed by atoms with Crippen LogP contribution in [-0.2, 0) is 31.0 Å². The number of rotatable bonds is 7. The summed E-state index contributed by atoms with van der Waals surface area (Å²) in [5.74, 6) is -1.07. The second-order valence-corrected chi connectivity index (χ2v) is 13.0. The number of carbonyl (C=O) groups excluding carboxylic acids is 2. The average molecular weight is 609 g/mol. The number of ether oxygens (including phenoxy) is 2. The molecular formula is C39H48N2O4. The van der Waals surface area contributed by atoms with Crippen molar-refractivity contribution >= 4 is 23.7 Å². The number of fused-ring (bicyclic) bond motifs is 3. The highest BCUT2D eigenvalue weighted by Crippen LogP contribution is 2.44. The van der Waals surface area contributed by atoms with Crippen molar-refractivity contribution in [1.82, 2.24) is 5.32 Å². The number of anilines is 1. The van der Waals surface area contributed by atoms with Crippen LogP contribution in [-0.4, -0.2) is 30.7 Å². The molecule has 2 unspecified atom stereocenters. The van der Waals surface area contributed by atoms with E-state index in [4.69, 9.17) is 9.47 Å². The van der Waals surface area contributed by atoms with Gasteiger partial charge in [0, 0.05) is 28.7 Å². The fourth-order valence-corrected chi connectivity index (χ4v) is 6.85. The molecule has 3 aliphatic heterocycles. The van der Waals surface area contributed by atoms with Gasteiger partial charge in [0.15, 0.2) is 0 Å². The molecule has 0 spiro atoms. The standard InChI is InChI=1S/C37H42N2O4.C2H6/c1-36(2,32-17-8-14-26-28-11-5-6-18-33(28)38-23-31(26)32)37(3,4)39-20-19-27-24(29-15-9-21-42-34(29)40)12-7-13-25(27)30-16-10-22-43-35(30)41;1-2/h5-8,11-14,17-20,29-30,38-39H,9-10,15-16,21-23H2,1-4H3;1-2H3/b20-19+;. The fourth-order valence-electron chi connectivity index (χ4n) is 6.85. The Balaban J connectivity index is 0.00000196. The van der Waals surface area contributed by atoms with Gasteiger partial charge in [-0.25, -0.2) is 0 Å². The van der Waals surface area contributed by atoms with Crippen molar-refractivity contribution < 1.29 is 19.1 Å². The summed E-state index contributed by atoms with van der Waals surface area (Å²) in [6.07, 6.45) is 7.17. The third kappa shape index (κ3) is 6.25. The molecule has 0 amide bonds. The number of cyclic esters (lactones) is 2. The summed E-state index contributed by atoms with van der Waals surface area (Å²) in [6, 6.07) is 21.1. The molecule has 6 heteroatoms. The van der Waals surface area contributed by atoms with Gasteiger partial charge < -0.3 is 20.1 Å². The summed E-state index contributed by atoms with van der Waals surface area (Å²) in [5, 5.41) is 7.34. The van der Waals surface area contributed by atoms with Crippen molar-refractivity contribution in [3.8, 4) is 11.1 Å². The van der Waals surface area contributed by atoms with E-state index in [1.807, 2.05) is 44.3 Å². The molecule has 2 fully saturated rings. The van der Waals surface area contributed by atoms with E-state index in [2.05, 4.69) is 80.8 Å². The van der Waals surface area contributed by atoms with Gasteiger partial charge in [-0.1, -0.05) is 82.3 Å². The average Bonchev–Trinajstić information content (AvgIpc) is 3.06. The lowest BCUT2D eigenvalue weighted by atomic mass is 9.67. The van der Waals surface area contributed by atoms with E-state index >= 15 is 0 Å². The van der Waals surface area contributed by atoms with Crippen LogP contribution in [0, 0.1) is 0 Å². The number of nitrogens with one attached hydrogen (secondary N) is 2. The van der Waals surface area contributed by atoms with E-state index in [-0.39, 0.29) is 34.7 Å². The summed E-state index contributed by atoms with van der Waals surface area (Å²) in [6.45, 7) is 14.7. The van der Waals surface area contributed by atoms with Gasteiger partial charge in [-0.2, -0.15) is 0 Å². The molecule has 2 saturated heterocycles. The van der Waals surface area contributed by atoms with Gasteiger partial charge in [-0.15, -0.1) is 0 Å². The van der Waals surface area contributed by atoms with Crippen LogP contribution in [0.2, 0.25) is 0 Å². The first-order valence-electron chi connectivity index (χ1n) is 16.5. The van der Waals surface area contributed by atoms with E-state index in [1.165, 1.54) is 27.9 Å². The second-order valence-electron chi connectivity index (χ2n) is 13.0. The number of carbonyl (C=O) groups is 2. The SMILES string of the molecule is CC.CC(C)(N/C=C/c1c(C2CCCOC2=O)cccc1C1CCCOC1=O)C(C)(C)c1cccc2c1CNc1ccccc1-2. The van der Waals surface area contributed by atoms with Crippen LogP contribution in [0.5, 0.6) is 0 Å². The van der Waals surface area contributed by atoms with Crippen molar-refractivity contribution in [2.75, 3.05) is 18.5 Å². The first-order valence-corrected chi connectivity index (χ1v) is 16.5. The molecule has 6 rings (SSSR count). The van der Waals surface area contributed by atoms with Crippen LogP contribution >= 0.6 is 0 Å². The van der Waals surface area contributed by atoms with Crippen molar-refractivity contribution in [1.29, 1.82) is 0 Å². The van der Waals surface area contributed by atoms with Crippen molar-refractivity contribution in [2.45, 2.75) is 96.6 Å². The van der Waals surface area contributed by atoms with Gasteiger partial charge in [0.05, 0.1) is 25.0 Å². The number of hydrogen-bond acceptors (Lipinski definition) is 6. The molecule has 238 valence electrons. The summed E-state index contributed by atoms with van der Waals surface area (Å²) < 4.78 is 10.9. The van der Waals surface area contributed by atoms with Gasteiger partial charge >= 0.3 is 11.9 Å². The van der Waals surface area contributed by atoms with E-state index < -0.39 is 0 Å². The van der Waals surface area contributed by atoms with Gasteiger partial charge in [-0.05, 0) is 91.3 Å². The molecule has 3 aromatic rings. The molecule has 2 N–H and O–H groups in total. The Bertz CT molecular complexity index is 1520. The summed E-state index contributed by atoms with van der Waals surface area (Å²) in [5.41, 5.74) is 8.45. The topological polar surface area (TPSA) is 76.7 Å². The van der Waals surface area contributed by atoms with Crippen molar-refractivity contribution in [3.05, 3.63) is 94.7 Å². The van der Waals surface area contributed by atoms with E-state index in [1.54, 1.807) is 0 Å². The van der Waals surface area contributed by atoms with Crippen LogP contribution in [0.4, 0.5) is 5.69 Å². The molecule has 0 saturated carbocycles.